The summed E-state index contributed by atoms with van der Waals surface area (Å²) in [5.41, 5.74) is 3.46. The number of hydrogen-bond acceptors (Lipinski definition) is 1. The fourth-order valence-corrected chi connectivity index (χ4v) is 1.88. The summed E-state index contributed by atoms with van der Waals surface area (Å²) in [5, 5.41) is 8.41. The molecule has 1 N–H and O–H groups in total. The maximum atomic E-state index is 8.41. The first-order valence-corrected chi connectivity index (χ1v) is 6.88. The molecule has 2 unspecified atom stereocenters. The van der Waals surface area contributed by atoms with Crippen molar-refractivity contribution in [1.29, 1.82) is 5.41 Å². The van der Waals surface area contributed by atoms with Crippen LogP contribution in [0.4, 0.5) is 0 Å². The lowest BCUT2D eigenvalue weighted by Gasteiger charge is -2.22. The summed E-state index contributed by atoms with van der Waals surface area (Å²) in [7, 11) is 0. The molecule has 2 atom stereocenters. The molecule has 0 aromatic rings. The van der Waals surface area contributed by atoms with Gasteiger partial charge in [-0.1, -0.05) is 51.8 Å². The van der Waals surface area contributed by atoms with E-state index in [0.29, 0.717) is 11.8 Å². The third kappa shape index (κ3) is 4.89. The molecule has 0 bridgehead atoms. The van der Waals surface area contributed by atoms with Crippen LogP contribution in [0.25, 0.3) is 0 Å². The molecule has 0 radical (unpaired) electrons. The van der Waals surface area contributed by atoms with E-state index in [1.54, 1.807) is 0 Å². The number of hydrogen-bond donors (Lipinski definition) is 1. The average Bonchev–Trinajstić information content (AvgIpc) is 2.36. The molecule has 0 rings (SSSR count). The molecule has 0 aliphatic carbocycles. The van der Waals surface area contributed by atoms with Crippen molar-refractivity contribution in [2.24, 2.45) is 11.8 Å². The number of rotatable bonds is 7. The lowest BCUT2D eigenvalue weighted by Crippen LogP contribution is -2.20. The Kier molecular flexibility index (Phi) is 7.86. The van der Waals surface area contributed by atoms with Crippen LogP contribution in [0.5, 0.6) is 0 Å². The zero-order chi connectivity index (χ0) is 13.4. The van der Waals surface area contributed by atoms with E-state index < -0.39 is 0 Å². The highest BCUT2D eigenvalue weighted by Crippen LogP contribution is 2.24. The van der Waals surface area contributed by atoms with Crippen molar-refractivity contribution >= 4 is 5.71 Å². The van der Waals surface area contributed by atoms with E-state index in [4.69, 9.17) is 5.41 Å². The molecule has 0 aliphatic rings. The van der Waals surface area contributed by atoms with E-state index >= 15 is 0 Å². The Hall–Kier alpha value is -0.850. The van der Waals surface area contributed by atoms with Gasteiger partial charge >= 0.3 is 0 Å². The highest BCUT2D eigenvalue weighted by Gasteiger charge is 2.19. The average molecular weight is 235 g/mol. The van der Waals surface area contributed by atoms with Crippen LogP contribution in [0.2, 0.25) is 0 Å². The van der Waals surface area contributed by atoms with Gasteiger partial charge in [0.1, 0.15) is 0 Å². The summed E-state index contributed by atoms with van der Waals surface area (Å²) in [6.07, 6.45) is 7.33. The molecule has 98 valence electrons. The maximum Gasteiger partial charge on any atom is 0.0379 e. The van der Waals surface area contributed by atoms with Gasteiger partial charge in [0.15, 0.2) is 0 Å². The van der Waals surface area contributed by atoms with Gasteiger partial charge in [0.25, 0.3) is 0 Å². The lowest BCUT2D eigenvalue weighted by atomic mass is 9.83. The third-order valence-corrected chi connectivity index (χ3v) is 3.88. The van der Waals surface area contributed by atoms with Gasteiger partial charge in [-0.25, -0.2) is 0 Å². The minimum absolute atomic E-state index is 0.363. The molecule has 17 heavy (non-hydrogen) atoms. The molecular formula is C16H29N. The summed E-state index contributed by atoms with van der Waals surface area (Å²) in [6.45, 7) is 13.0. The molecule has 0 aromatic carbocycles. The predicted molar refractivity (Wildman–Crippen MR) is 78.8 cm³/mol. The fraction of sp³-hybridized carbons (Fsp3) is 0.688. The molecular weight excluding hydrogens is 206 g/mol. The second-order valence-corrected chi connectivity index (χ2v) is 4.97. The van der Waals surface area contributed by atoms with Crippen molar-refractivity contribution in [3.05, 3.63) is 23.3 Å². The monoisotopic (exact) mass is 235 g/mol. The topological polar surface area (TPSA) is 23.9 Å². The molecule has 0 spiro atoms. The Morgan fingerprint density at radius 3 is 2.24 bits per heavy atom. The van der Waals surface area contributed by atoms with Gasteiger partial charge in [0.2, 0.25) is 0 Å². The second kappa shape index (κ2) is 8.27. The van der Waals surface area contributed by atoms with Gasteiger partial charge in [0, 0.05) is 11.6 Å². The SMILES string of the molecule is CC=CC/C(C(=N)C(C)C(C)CC)=C(/C)CC. The van der Waals surface area contributed by atoms with Crippen LogP contribution >= 0.6 is 0 Å². The van der Waals surface area contributed by atoms with E-state index in [2.05, 4.69) is 46.8 Å². The van der Waals surface area contributed by atoms with Crippen LogP contribution in [0, 0.1) is 17.2 Å². The Morgan fingerprint density at radius 2 is 1.82 bits per heavy atom. The number of nitrogens with one attached hydrogen (secondary N) is 1. The highest BCUT2D eigenvalue weighted by atomic mass is 14.5. The van der Waals surface area contributed by atoms with E-state index in [9.17, 15) is 0 Å². The van der Waals surface area contributed by atoms with Gasteiger partial charge in [0.05, 0.1) is 0 Å². The van der Waals surface area contributed by atoms with E-state index in [0.717, 1.165) is 25.0 Å². The number of allylic oxidation sites excluding steroid dienone is 4. The maximum absolute atomic E-state index is 8.41. The van der Waals surface area contributed by atoms with E-state index in [1.165, 1.54) is 11.1 Å². The van der Waals surface area contributed by atoms with Crippen molar-refractivity contribution in [1.82, 2.24) is 0 Å². The Morgan fingerprint density at radius 1 is 1.24 bits per heavy atom. The molecule has 0 amide bonds. The molecule has 0 heterocycles. The Labute approximate surface area is 108 Å². The Balaban J connectivity index is 5.00. The smallest absolute Gasteiger partial charge is 0.0379 e. The summed E-state index contributed by atoms with van der Waals surface area (Å²) in [6, 6.07) is 0. The molecule has 0 aromatic heterocycles. The van der Waals surface area contributed by atoms with Crippen LogP contribution < -0.4 is 0 Å². The van der Waals surface area contributed by atoms with Gasteiger partial charge < -0.3 is 5.41 Å². The molecule has 0 saturated heterocycles. The van der Waals surface area contributed by atoms with Crippen molar-refractivity contribution in [2.75, 3.05) is 0 Å². The first-order valence-electron chi connectivity index (χ1n) is 6.88. The van der Waals surface area contributed by atoms with Gasteiger partial charge in [-0.15, -0.1) is 0 Å². The lowest BCUT2D eigenvalue weighted by molar-refractivity contribution is 0.467. The highest BCUT2D eigenvalue weighted by molar-refractivity contribution is 6.00. The van der Waals surface area contributed by atoms with E-state index in [1.807, 2.05) is 6.92 Å². The molecule has 1 nitrogen and oxygen atoms in total. The summed E-state index contributed by atoms with van der Waals surface area (Å²) < 4.78 is 0. The third-order valence-electron chi connectivity index (χ3n) is 3.88. The normalized spacial score (nSPS) is 16.8. The fourth-order valence-electron chi connectivity index (χ4n) is 1.88. The predicted octanol–water partition coefficient (Wildman–Crippen LogP) is 5.38. The molecule has 1 heteroatoms. The van der Waals surface area contributed by atoms with Gasteiger partial charge in [-0.05, 0) is 38.2 Å². The second-order valence-electron chi connectivity index (χ2n) is 4.97. The van der Waals surface area contributed by atoms with Crippen molar-refractivity contribution in [2.45, 2.75) is 60.8 Å². The van der Waals surface area contributed by atoms with Gasteiger partial charge in [-0.2, -0.15) is 0 Å². The summed E-state index contributed by atoms with van der Waals surface area (Å²) in [5.74, 6) is 0.953. The van der Waals surface area contributed by atoms with Crippen molar-refractivity contribution < 1.29 is 0 Å². The molecule has 0 saturated carbocycles. The summed E-state index contributed by atoms with van der Waals surface area (Å²) in [4.78, 5) is 0. The Bertz CT molecular complexity index is 297. The first kappa shape index (κ1) is 16.1. The largest absolute Gasteiger partial charge is 0.305 e. The van der Waals surface area contributed by atoms with Crippen molar-refractivity contribution in [3.63, 3.8) is 0 Å². The van der Waals surface area contributed by atoms with Crippen LogP contribution in [-0.4, -0.2) is 5.71 Å². The van der Waals surface area contributed by atoms with Crippen LogP contribution in [0.15, 0.2) is 23.3 Å². The van der Waals surface area contributed by atoms with Crippen LogP contribution in [0.1, 0.15) is 60.8 Å². The minimum atomic E-state index is 0.363. The molecule has 0 aliphatic heterocycles. The summed E-state index contributed by atoms with van der Waals surface area (Å²) >= 11 is 0. The quantitative estimate of drug-likeness (QED) is 0.452. The molecule has 0 fully saturated rings. The van der Waals surface area contributed by atoms with Crippen LogP contribution in [0.3, 0.4) is 0 Å². The van der Waals surface area contributed by atoms with Gasteiger partial charge in [-0.3, -0.25) is 0 Å². The van der Waals surface area contributed by atoms with E-state index in [-0.39, 0.29) is 0 Å². The minimum Gasteiger partial charge on any atom is -0.305 e. The van der Waals surface area contributed by atoms with Crippen LogP contribution in [-0.2, 0) is 0 Å². The first-order chi connectivity index (χ1) is 7.99. The van der Waals surface area contributed by atoms with Crippen molar-refractivity contribution in [3.8, 4) is 0 Å². The zero-order valence-corrected chi connectivity index (χ0v) is 12.4. The standard InChI is InChI=1S/C16H29N/c1-7-10-11-15(13(5)9-3)16(17)14(6)12(4)8-2/h7,10,12,14,17H,8-9,11H2,1-6H3/b10-7?,15-13+,17-16?. The zero-order valence-electron chi connectivity index (χ0n) is 12.4.